The summed E-state index contributed by atoms with van der Waals surface area (Å²) in [6.07, 6.45) is 1.07. The van der Waals surface area contributed by atoms with Crippen molar-refractivity contribution in [2.24, 2.45) is 0 Å². The zero-order chi connectivity index (χ0) is 15.7. The predicted molar refractivity (Wildman–Crippen MR) is 78.1 cm³/mol. The van der Waals surface area contributed by atoms with Crippen LogP contribution >= 0.6 is 0 Å². The molecule has 3 N–H and O–H groups in total. The van der Waals surface area contributed by atoms with Crippen LogP contribution in [0.5, 0.6) is 5.75 Å². The molecule has 22 heavy (non-hydrogen) atoms. The predicted octanol–water partition coefficient (Wildman–Crippen LogP) is 1.25. The molecule has 1 aromatic carbocycles. The summed E-state index contributed by atoms with van der Waals surface area (Å²) < 4.78 is 5.12. The van der Waals surface area contributed by atoms with Gasteiger partial charge >= 0.3 is 5.97 Å². The highest BCUT2D eigenvalue weighted by atomic mass is 16.5. The Kier molecular flexibility index (Phi) is 3.64. The van der Waals surface area contributed by atoms with Crippen LogP contribution in [-0.4, -0.2) is 39.4 Å². The first-order valence-corrected chi connectivity index (χ1v) is 6.76. The van der Waals surface area contributed by atoms with E-state index >= 15 is 0 Å². The number of methoxy groups -OCH3 is 1. The van der Waals surface area contributed by atoms with Crippen molar-refractivity contribution < 1.29 is 19.7 Å². The number of ether oxygens (including phenoxy) is 1. The molecule has 2 aromatic rings. The minimum Gasteiger partial charge on any atom is -0.491 e. The third kappa shape index (κ3) is 2.35. The molecular formula is C15H15N3O4. The van der Waals surface area contributed by atoms with Gasteiger partial charge < -0.3 is 20.3 Å². The highest BCUT2D eigenvalue weighted by molar-refractivity contribution is 5.90. The lowest BCUT2D eigenvalue weighted by molar-refractivity contribution is 0.0686. The number of hydrogen-bond donors (Lipinski definition) is 3. The van der Waals surface area contributed by atoms with Crippen molar-refractivity contribution in [3.05, 3.63) is 47.4 Å². The second-order valence-corrected chi connectivity index (χ2v) is 5.00. The van der Waals surface area contributed by atoms with Crippen LogP contribution in [-0.2, 0) is 6.42 Å². The lowest BCUT2D eigenvalue weighted by Crippen LogP contribution is -2.22. The quantitative estimate of drug-likeness (QED) is 0.780. The summed E-state index contributed by atoms with van der Waals surface area (Å²) in [7, 11) is 1.36. The fourth-order valence-corrected chi connectivity index (χ4v) is 2.72. The minimum atomic E-state index is -1.20. The van der Waals surface area contributed by atoms with Gasteiger partial charge in [-0.05, 0) is 11.1 Å². The van der Waals surface area contributed by atoms with Gasteiger partial charge in [0.2, 0.25) is 0 Å². The largest absolute Gasteiger partial charge is 0.491 e. The van der Waals surface area contributed by atoms with E-state index in [1.165, 1.54) is 7.11 Å². The third-order valence-electron chi connectivity index (χ3n) is 3.71. The van der Waals surface area contributed by atoms with Gasteiger partial charge in [-0.3, -0.25) is 0 Å². The molecule has 114 valence electrons. The fraction of sp³-hybridized carbons (Fsp3) is 0.267. The maximum absolute atomic E-state index is 11.2. The number of carbonyl (C=O) groups is 1. The summed E-state index contributed by atoms with van der Waals surface area (Å²) in [5.74, 6) is -0.906. The number of carboxylic acid groups (broad SMARTS) is 1. The van der Waals surface area contributed by atoms with E-state index in [9.17, 15) is 9.90 Å². The van der Waals surface area contributed by atoms with Crippen LogP contribution in [0.3, 0.4) is 0 Å². The molecule has 3 rings (SSSR count). The Morgan fingerprint density at radius 2 is 2.14 bits per heavy atom. The zero-order valence-corrected chi connectivity index (χ0v) is 11.9. The zero-order valence-electron chi connectivity index (χ0n) is 11.9. The number of aromatic nitrogens is 2. The van der Waals surface area contributed by atoms with E-state index in [-0.39, 0.29) is 23.3 Å². The molecule has 0 saturated carbocycles. The van der Waals surface area contributed by atoms with Crippen LogP contribution in [0.1, 0.15) is 27.7 Å². The molecular weight excluding hydrogens is 286 g/mol. The standard InChI is InChI=1S/C15H15N3O4/c1-22-13-12(15(20)21)16-7-17-14(13)18-11-9-5-3-2-4-8(9)6-10(11)19/h2-5,7,10-11,19H,6H2,1H3,(H,20,21)(H,16,17,18)/t10-,11+/m1/s1. The van der Waals surface area contributed by atoms with Gasteiger partial charge in [0.1, 0.15) is 6.33 Å². The number of aliphatic hydroxyl groups is 1. The maximum Gasteiger partial charge on any atom is 0.358 e. The Bertz CT molecular complexity index is 720. The van der Waals surface area contributed by atoms with Crippen LogP contribution in [0.25, 0.3) is 0 Å². The summed E-state index contributed by atoms with van der Waals surface area (Å²) in [6, 6.07) is 7.32. The lowest BCUT2D eigenvalue weighted by atomic mass is 10.1. The molecule has 0 spiro atoms. The van der Waals surface area contributed by atoms with Gasteiger partial charge in [-0.1, -0.05) is 24.3 Å². The van der Waals surface area contributed by atoms with E-state index in [4.69, 9.17) is 9.84 Å². The lowest BCUT2D eigenvalue weighted by Gasteiger charge is -2.20. The fourth-order valence-electron chi connectivity index (χ4n) is 2.72. The summed E-state index contributed by atoms with van der Waals surface area (Å²) >= 11 is 0. The highest BCUT2D eigenvalue weighted by Gasteiger charge is 2.32. The third-order valence-corrected chi connectivity index (χ3v) is 3.71. The smallest absolute Gasteiger partial charge is 0.358 e. The average molecular weight is 301 g/mol. The molecule has 7 heteroatoms. The summed E-state index contributed by atoms with van der Waals surface area (Å²) in [6.45, 7) is 0. The van der Waals surface area contributed by atoms with Crippen molar-refractivity contribution in [1.82, 2.24) is 9.97 Å². The minimum absolute atomic E-state index is 0.0478. The van der Waals surface area contributed by atoms with Crippen LogP contribution < -0.4 is 10.1 Å². The molecule has 1 aliphatic rings. The van der Waals surface area contributed by atoms with Crippen LogP contribution in [0.4, 0.5) is 5.82 Å². The number of aliphatic hydroxyl groups excluding tert-OH is 1. The first kappa shape index (κ1) is 14.3. The molecule has 0 radical (unpaired) electrons. The Hall–Kier alpha value is -2.67. The van der Waals surface area contributed by atoms with Crippen LogP contribution in [0.2, 0.25) is 0 Å². The normalized spacial score (nSPS) is 19.5. The van der Waals surface area contributed by atoms with Crippen molar-refractivity contribution in [3.63, 3.8) is 0 Å². The van der Waals surface area contributed by atoms with Gasteiger partial charge in [0.15, 0.2) is 17.3 Å². The first-order chi connectivity index (χ1) is 10.6. The number of carboxylic acids is 1. The van der Waals surface area contributed by atoms with Crippen molar-refractivity contribution in [1.29, 1.82) is 0 Å². The molecule has 0 aliphatic heterocycles. The van der Waals surface area contributed by atoms with Gasteiger partial charge in [0, 0.05) is 6.42 Å². The molecule has 1 heterocycles. The van der Waals surface area contributed by atoms with Gasteiger partial charge in [0.05, 0.1) is 19.3 Å². The van der Waals surface area contributed by atoms with E-state index in [1.807, 2.05) is 24.3 Å². The van der Waals surface area contributed by atoms with Crippen molar-refractivity contribution >= 4 is 11.8 Å². The number of nitrogens with one attached hydrogen (secondary N) is 1. The first-order valence-electron chi connectivity index (χ1n) is 6.76. The molecule has 1 aliphatic carbocycles. The average Bonchev–Trinajstić information content (AvgIpc) is 2.83. The molecule has 0 unspecified atom stereocenters. The SMILES string of the molecule is COc1c(N[C@H]2c3ccccc3C[C@H]2O)ncnc1C(=O)O. The number of benzene rings is 1. The number of rotatable bonds is 4. The molecule has 0 saturated heterocycles. The number of hydrogen-bond acceptors (Lipinski definition) is 6. The van der Waals surface area contributed by atoms with Crippen molar-refractivity contribution in [3.8, 4) is 5.75 Å². The van der Waals surface area contributed by atoms with Crippen molar-refractivity contribution in [2.45, 2.75) is 18.6 Å². The van der Waals surface area contributed by atoms with E-state index in [1.54, 1.807) is 0 Å². The molecule has 7 nitrogen and oxygen atoms in total. The summed E-state index contributed by atoms with van der Waals surface area (Å²) in [5.41, 5.74) is 1.80. The Labute approximate surface area is 126 Å². The molecule has 0 bridgehead atoms. The van der Waals surface area contributed by atoms with Gasteiger partial charge in [-0.2, -0.15) is 0 Å². The topological polar surface area (TPSA) is 105 Å². The number of fused-ring (bicyclic) bond motifs is 1. The van der Waals surface area contributed by atoms with Crippen LogP contribution in [0.15, 0.2) is 30.6 Å². The molecule has 0 fully saturated rings. The van der Waals surface area contributed by atoms with E-state index in [0.717, 1.165) is 17.5 Å². The summed E-state index contributed by atoms with van der Waals surface area (Å²) in [4.78, 5) is 18.9. The molecule has 1 aromatic heterocycles. The highest BCUT2D eigenvalue weighted by Crippen LogP contribution is 2.36. The number of nitrogens with zero attached hydrogens (tertiary/aromatic N) is 2. The monoisotopic (exact) mass is 301 g/mol. The number of anilines is 1. The van der Waals surface area contributed by atoms with E-state index in [2.05, 4.69) is 15.3 Å². The van der Waals surface area contributed by atoms with Crippen molar-refractivity contribution in [2.75, 3.05) is 12.4 Å². The Morgan fingerprint density at radius 3 is 2.86 bits per heavy atom. The van der Waals surface area contributed by atoms with Gasteiger partial charge in [0.25, 0.3) is 0 Å². The molecule has 2 atom stereocenters. The van der Waals surface area contributed by atoms with E-state index < -0.39 is 12.1 Å². The maximum atomic E-state index is 11.2. The van der Waals surface area contributed by atoms with Crippen LogP contribution in [0, 0.1) is 0 Å². The molecule has 0 amide bonds. The van der Waals surface area contributed by atoms with Gasteiger partial charge in [-0.25, -0.2) is 14.8 Å². The number of aromatic carboxylic acids is 1. The summed E-state index contributed by atoms with van der Waals surface area (Å²) in [5, 5.41) is 22.5. The second-order valence-electron chi connectivity index (χ2n) is 5.00. The van der Waals surface area contributed by atoms with E-state index in [0.29, 0.717) is 6.42 Å². The second kappa shape index (κ2) is 5.61. The Balaban J connectivity index is 1.97. The Morgan fingerprint density at radius 1 is 1.36 bits per heavy atom. The van der Waals surface area contributed by atoms with Gasteiger partial charge in [-0.15, -0.1) is 0 Å².